The number of hydrogen-bond acceptors (Lipinski definition) is 2. The number of carboxylic acid groups (broad SMARTS) is 1. The molecule has 0 radical (unpaired) electrons. The van der Waals surface area contributed by atoms with Crippen LogP contribution in [0.2, 0.25) is 0 Å². The second-order valence-electron chi connectivity index (χ2n) is 4.23. The number of carbonyl (C=O) groups is 1. The molecule has 0 aromatic heterocycles. The number of nitrogens with one attached hydrogen (secondary N) is 1. The van der Waals surface area contributed by atoms with Gasteiger partial charge in [0.1, 0.15) is 0 Å². The molecule has 0 saturated carbocycles. The van der Waals surface area contributed by atoms with Gasteiger partial charge < -0.3 is 10.4 Å². The van der Waals surface area contributed by atoms with Gasteiger partial charge in [0.05, 0.1) is 5.56 Å². The number of anilines is 1. The zero-order chi connectivity index (χ0) is 14.2. The molecule has 0 atom stereocenters. The molecule has 0 saturated heterocycles. The Hall–Kier alpha value is -2.73. The number of carboxylic acids is 1. The van der Waals surface area contributed by atoms with E-state index in [0.29, 0.717) is 5.56 Å². The number of aromatic carboxylic acids is 1. The monoisotopic (exact) mass is 265 g/mol. The maximum atomic E-state index is 10.7. The van der Waals surface area contributed by atoms with Gasteiger partial charge in [0.2, 0.25) is 0 Å². The molecule has 0 amide bonds. The van der Waals surface area contributed by atoms with Crippen molar-refractivity contribution in [2.75, 3.05) is 11.9 Å². The van der Waals surface area contributed by atoms with Gasteiger partial charge in [-0.15, -0.1) is 0 Å². The van der Waals surface area contributed by atoms with E-state index in [2.05, 4.69) is 17.2 Å². The van der Waals surface area contributed by atoms with Gasteiger partial charge in [-0.2, -0.15) is 0 Å². The van der Waals surface area contributed by atoms with Crippen LogP contribution in [0.3, 0.4) is 0 Å². The molecule has 0 fully saturated rings. The van der Waals surface area contributed by atoms with Gasteiger partial charge in [-0.3, -0.25) is 0 Å². The van der Waals surface area contributed by atoms with E-state index in [9.17, 15) is 4.79 Å². The van der Waals surface area contributed by atoms with Crippen LogP contribution in [0.4, 0.5) is 5.69 Å². The first-order valence-electron chi connectivity index (χ1n) is 6.37. The summed E-state index contributed by atoms with van der Waals surface area (Å²) in [5, 5.41) is 12.0. The zero-order valence-corrected chi connectivity index (χ0v) is 11.0. The Bertz CT molecular complexity index is 622. The van der Waals surface area contributed by atoms with Crippen molar-refractivity contribution in [3.05, 3.63) is 65.7 Å². The quantitative estimate of drug-likeness (QED) is 0.659. The molecule has 0 spiro atoms. The maximum absolute atomic E-state index is 10.7. The summed E-state index contributed by atoms with van der Waals surface area (Å²) < 4.78 is 0. The molecule has 3 heteroatoms. The highest BCUT2D eigenvalue weighted by atomic mass is 16.4. The molecule has 0 aliphatic rings. The first-order valence-corrected chi connectivity index (χ1v) is 6.37. The molecular formula is C17H15NO2. The molecule has 0 bridgehead atoms. The van der Waals surface area contributed by atoms with Crippen molar-refractivity contribution in [3.8, 4) is 11.8 Å². The third kappa shape index (κ3) is 4.18. The molecule has 100 valence electrons. The Morgan fingerprint density at radius 3 is 2.40 bits per heavy atom. The number of benzene rings is 2. The summed E-state index contributed by atoms with van der Waals surface area (Å²) >= 11 is 0. The summed E-state index contributed by atoms with van der Waals surface area (Å²) in [5.74, 6) is 5.27. The minimum Gasteiger partial charge on any atom is -0.478 e. The van der Waals surface area contributed by atoms with Gasteiger partial charge in [0.25, 0.3) is 0 Å². The molecule has 3 nitrogen and oxygen atoms in total. The molecule has 20 heavy (non-hydrogen) atoms. The second-order valence-corrected chi connectivity index (χ2v) is 4.23. The summed E-state index contributed by atoms with van der Waals surface area (Å²) in [5.41, 5.74) is 2.20. The van der Waals surface area contributed by atoms with Crippen molar-refractivity contribution in [1.29, 1.82) is 0 Å². The predicted molar refractivity (Wildman–Crippen MR) is 79.8 cm³/mol. The van der Waals surface area contributed by atoms with Crippen LogP contribution in [0.25, 0.3) is 0 Å². The van der Waals surface area contributed by atoms with Crippen molar-refractivity contribution in [2.24, 2.45) is 0 Å². The van der Waals surface area contributed by atoms with E-state index in [1.54, 1.807) is 24.3 Å². The van der Waals surface area contributed by atoms with E-state index in [4.69, 9.17) is 5.11 Å². The Balaban J connectivity index is 1.79. The fraction of sp³-hybridized carbons (Fsp3) is 0.118. The second kappa shape index (κ2) is 7.01. The van der Waals surface area contributed by atoms with Gasteiger partial charge in [0, 0.05) is 24.2 Å². The number of hydrogen-bond donors (Lipinski definition) is 2. The van der Waals surface area contributed by atoms with Crippen molar-refractivity contribution in [2.45, 2.75) is 6.42 Å². The van der Waals surface area contributed by atoms with Crippen LogP contribution in [0.1, 0.15) is 22.3 Å². The molecule has 2 aromatic rings. The van der Waals surface area contributed by atoms with Gasteiger partial charge >= 0.3 is 5.97 Å². The summed E-state index contributed by atoms with van der Waals surface area (Å²) in [4.78, 5) is 10.7. The van der Waals surface area contributed by atoms with Crippen molar-refractivity contribution in [3.63, 3.8) is 0 Å². The van der Waals surface area contributed by atoms with Crippen molar-refractivity contribution >= 4 is 11.7 Å². The molecular weight excluding hydrogens is 250 g/mol. The van der Waals surface area contributed by atoms with Crippen LogP contribution in [0.5, 0.6) is 0 Å². The Morgan fingerprint density at radius 2 is 1.75 bits per heavy atom. The molecule has 0 heterocycles. The molecule has 2 aromatic carbocycles. The molecule has 0 aliphatic heterocycles. The highest BCUT2D eigenvalue weighted by Gasteiger charge is 2.00. The molecule has 2 rings (SSSR count). The summed E-state index contributed by atoms with van der Waals surface area (Å²) in [6, 6.07) is 16.5. The Labute approximate surface area is 118 Å². The third-order valence-electron chi connectivity index (χ3n) is 2.72. The fourth-order valence-corrected chi connectivity index (χ4v) is 1.69. The highest BCUT2D eigenvalue weighted by molar-refractivity contribution is 5.87. The lowest BCUT2D eigenvalue weighted by Gasteiger charge is -2.03. The van der Waals surface area contributed by atoms with E-state index in [1.807, 2.05) is 30.3 Å². The van der Waals surface area contributed by atoms with Gasteiger partial charge in [0.15, 0.2) is 0 Å². The van der Waals surface area contributed by atoms with Crippen LogP contribution < -0.4 is 5.32 Å². The fourth-order valence-electron chi connectivity index (χ4n) is 1.69. The zero-order valence-electron chi connectivity index (χ0n) is 11.0. The topological polar surface area (TPSA) is 49.3 Å². The maximum Gasteiger partial charge on any atom is 0.335 e. The van der Waals surface area contributed by atoms with E-state index >= 15 is 0 Å². The molecule has 0 unspecified atom stereocenters. The van der Waals surface area contributed by atoms with Gasteiger partial charge in [-0.1, -0.05) is 30.0 Å². The van der Waals surface area contributed by atoms with Crippen LogP contribution in [-0.4, -0.2) is 17.6 Å². The predicted octanol–water partition coefficient (Wildman–Crippen LogP) is 3.24. The lowest BCUT2D eigenvalue weighted by molar-refractivity contribution is 0.0697. The molecule has 0 aliphatic carbocycles. The van der Waals surface area contributed by atoms with Gasteiger partial charge in [-0.05, 0) is 36.4 Å². The summed E-state index contributed by atoms with van der Waals surface area (Å²) in [7, 11) is 0. The van der Waals surface area contributed by atoms with Crippen LogP contribution in [0.15, 0.2) is 54.6 Å². The highest BCUT2D eigenvalue weighted by Crippen LogP contribution is 2.09. The lowest BCUT2D eigenvalue weighted by atomic mass is 10.2. The SMILES string of the molecule is O=C(O)c1ccc(NCCC#Cc2ccccc2)cc1. The number of rotatable bonds is 4. The normalized spacial score (nSPS) is 9.40. The average Bonchev–Trinajstić information content (AvgIpc) is 2.48. The standard InChI is InChI=1S/C17H15NO2/c19-17(20)15-9-11-16(12-10-15)18-13-5-4-8-14-6-2-1-3-7-14/h1-3,6-7,9-12,18H,5,13H2,(H,19,20). The first-order chi connectivity index (χ1) is 9.75. The van der Waals surface area contributed by atoms with Crippen molar-refractivity contribution in [1.82, 2.24) is 0 Å². The smallest absolute Gasteiger partial charge is 0.335 e. The van der Waals surface area contributed by atoms with Crippen LogP contribution >= 0.6 is 0 Å². The first kappa shape index (κ1) is 13.7. The summed E-state index contributed by atoms with van der Waals surface area (Å²) in [6.45, 7) is 0.728. The van der Waals surface area contributed by atoms with E-state index in [-0.39, 0.29) is 0 Å². The minimum absolute atomic E-state index is 0.291. The van der Waals surface area contributed by atoms with Gasteiger partial charge in [-0.25, -0.2) is 4.79 Å². The Morgan fingerprint density at radius 1 is 1.05 bits per heavy atom. The van der Waals surface area contributed by atoms with E-state index < -0.39 is 5.97 Å². The Kier molecular flexibility index (Phi) is 4.80. The van der Waals surface area contributed by atoms with E-state index in [0.717, 1.165) is 24.2 Å². The molecule has 2 N–H and O–H groups in total. The minimum atomic E-state index is -0.912. The van der Waals surface area contributed by atoms with Crippen LogP contribution in [0, 0.1) is 11.8 Å². The largest absolute Gasteiger partial charge is 0.478 e. The van der Waals surface area contributed by atoms with Crippen LogP contribution in [-0.2, 0) is 0 Å². The third-order valence-corrected chi connectivity index (χ3v) is 2.72. The summed E-state index contributed by atoms with van der Waals surface area (Å²) in [6.07, 6.45) is 0.732. The lowest BCUT2D eigenvalue weighted by Crippen LogP contribution is -2.01. The van der Waals surface area contributed by atoms with E-state index in [1.165, 1.54) is 0 Å². The van der Waals surface area contributed by atoms with Crippen molar-refractivity contribution < 1.29 is 9.90 Å². The average molecular weight is 265 g/mol.